The van der Waals surface area contributed by atoms with Crippen molar-refractivity contribution in [1.82, 2.24) is 0 Å². The first-order chi connectivity index (χ1) is 8.61. The number of nitriles is 1. The zero-order chi connectivity index (χ0) is 13.1. The van der Waals surface area contributed by atoms with Crippen molar-refractivity contribution in [3.8, 4) is 17.6 Å². The molecule has 0 spiro atoms. The van der Waals surface area contributed by atoms with E-state index >= 15 is 0 Å². The molecular weight excluding hydrogens is 299 g/mol. The van der Waals surface area contributed by atoms with Gasteiger partial charge in [0.2, 0.25) is 0 Å². The van der Waals surface area contributed by atoms with Crippen molar-refractivity contribution in [2.24, 2.45) is 0 Å². The molecule has 0 saturated heterocycles. The highest BCUT2D eigenvalue weighted by Gasteiger charge is 2.10. The van der Waals surface area contributed by atoms with Crippen molar-refractivity contribution >= 4 is 21.6 Å². The first-order valence-corrected chi connectivity index (χ1v) is 5.82. The van der Waals surface area contributed by atoms with E-state index in [1.807, 2.05) is 6.07 Å². The quantitative estimate of drug-likeness (QED) is 0.858. The third-order valence-electron chi connectivity index (χ3n) is 2.28. The second-order valence-electron chi connectivity index (χ2n) is 3.51. The molecule has 0 heterocycles. The highest BCUT2D eigenvalue weighted by atomic mass is 79.9. The largest absolute Gasteiger partial charge is 0.454 e. The van der Waals surface area contributed by atoms with Crippen LogP contribution in [0, 0.1) is 17.1 Å². The van der Waals surface area contributed by atoms with Gasteiger partial charge in [0, 0.05) is 10.5 Å². The van der Waals surface area contributed by atoms with E-state index in [1.54, 1.807) is 18.2 Å². The van der Waals surface area contributed by atoms with E-state index in [1.165, 1.54) is 18.2 Å². The van der Waals surface area contributed by atoms with Gasteiger partial charge in [0.05, 0.1) is 5.69 Å². The number of rotatable bonds is 2. The van der Waals surface area contributed by atoms with Gasteiger partial charge < -0.3 is 10.5 Å². The Labute approximate surface area is 112 Å². The molecule has 2 aromatic carbocycles. The minimum atomic E-state index is -0.451. The number of anilines is 1. The van der Waals surface area contributed by atoms with Crippen LogP contribution >= 0.6 is 15.9 Å². The number of ether oxygens (including phenoxy) is 1. The maximum atomic E-state index is 13.1. The van der Waals surface area contributed by atoms with E-state index in [9.17, 15) is 4.39 Å². The molecule has 0 amide bonds. The van der Waals surface area contributed by atoms with Crippen LogP contribution in [0.4, 0.5) is 10.1 Å². The Morgan fingerprint density at radius 3 is 2.72 bits per heavy atom. The standard InChI is InChI=1S/C13H8BrFN2O/c14-10-2-1-3-12(9(10)7-16)18-13-6-8(15)4-5-11(13)17/h1-6H,17H2. The summed E-state index contributed by atoms with van der Waals surface area (Å²) < 4.78 is 19.2. The summed E-state index contributed by atoms with van der Waals surface area (Å²) in [6.45, 7) is 0. The fraction of sp³-hybridized carbons (Fsp3) is 0. The molecule has 0 fully saturated rings. The van der Waals surface area contributed by atoms with Crippen LogP contribution in [0.15, 0.2) is 40.9 Å². The van der Waals surface area contributed by atoms with Gasteiger partial charge in [-0.05, 0) is 40.2 Å². The summed E-state index contributed by atoms with van der Waals surface area (Å²) in [6, 6.07) is 10.9. The Bertz CT molecular complexity index is 637. The highest BCUT2D eigenvalue weighted by molar-refractivity contribution is 9.10. The molecule has 5 heteroatoms. The van der Waals surface area contributed by atoms with E-state index in [4.69, 9.17) is 15.7 Å². The summed E-state index contributed by atoms with van der Waals surface area (Å²) in [4.78, 5) is 0. The molecule has 0 unspecified atom stereocenters. The predicted octanol–water partition coefficient (Wildman–Crippen LogP) is 3.83. The van der Waals surface area contributed by atoms with Crippen LogP contribution in [0.25, 0.3) is 0 Å². The maximum absolute atomic E-state index is 13.1. The molecule has 90 valence electrons. The lowest BCUT2D eigenvalue weighted by Crippen LogP contribution is -1.95. The molecule has 0 radical (unpaired) electrons. The summed E-state index contributed by atoms with van der Waals surface area (Å²) in [5.74, 6) is 0.0569. The van der Waals surface area contributed by atoms with Gasteiger partial charge in [-0.1, -0.05) is 6.07 Å². The van der Waals surface area contributed by atoms with Crippen molar-refractivity contribution in [3.63, 3.8) is 0 Å². The molecule has 2 N–H and O–H groups in total. The van der Waals surface area contributed by atoms with Crippen LogP contribution in [0.1, 0.15) is 5.56 Å². The third-order valence-corrected chi connectivity index (χ3v) is 2.94. The fourth-order valence-corrected chi connectivity index (χ4v) is 1.85. The van der Waals surface area contributed by atoms with Crippen molar-refractivity contribution in [2.45, 2.75) is 0 Å². The third kappa shape index (κ3) is 2.44. The Kier molecular flexibility index (Phi) is 3.49. The molecular formula is C13H8BrFN2O. The minimum Gasteiger partial charge on any atom is -0.454 e. The Morgan fingerprint density at radius 2 is 2.00 bits per heavy atom. The maximum Gasteiger partial charge on any atom is 0.153 e. The Balaban J connectivity index is 2.44. The molecule has 2 rings (SSSR count). The number of nitrogen functional groups attached to an aromatic ring is 1. The number of nitrogens with two attached hydrogens (primary N) is 1. The highest BCUT2D eigenvalue weighted by Crippen LogP contribution is 2.33. The summed E-state index contributed by atoms with van der Waals surface area (Å²) in [5, 5.41) is 9.04. The average Bonchev–Trinajstić information content (AvgIpc) is 2.34. The van der Waals surface area contributed by atoms with Crippen LogP contribution in [0.2, 0.25) is 0 Å². The predicted molar refractivity (Wildman–Crippen MR) is 69.7 cm³/mol. The molecule has 2 aromatic rings. The molecule has 0 aliphatic rings. The molecule has 0 aliphatic heterocycles. The normalized spacial score (nSPS) is 9.83. The van der Waals surface area contributed by atoms with Crippen LogP contribution in [0.5, 0.6) is 11.5 Å². The lowest BCUT2D eigenvalue weighted by atomic mass is 10.2. The van der Waals surface area contributed by atoms with Gasteiger partial charge in [0.15, 0.2) is 5.75 Å². The van der Waals surface area contributed by atoms with Gasteiger partial charge in [0.25, 0.3) is 0 Å². The number of hydrogen-bond acceptors (Lipinski definition) is 3. The number of nitrogens with zero attached hydrogens (tertiary/aromatic N) is 1. The van der Waals surface area contributed by atoms with E-state index < -0.39 is 5.82 Å². The van der Waals surface area contributed by atoms with E-state index in [0.717, 1.165) is 0 Å². The van der Waals surface area contributed by atoms with Gasteiger partial charge in [-0.15, -0.1) is 0 Å². The van der Waals surface area contributed by atoms with Crippen LogP contribution in [-0.4, -0.2) is 0 Å². The smallest absolute Gasteiger partial charge is 0.153 e. The Morgan fingerprint density at radius 1 is 1.22 bits per heavy atom. The lowest BCUT2D eigenvalue weighted by molar-refractivity contribution is 0.477. The summed E-state index contributed by atoms with van der Waals surface area (Å²) >= 11 is 3.25. The van der Waals surface area contributed by atoms with Gasteiger partial charge in [0.1, 0.15) is 23.2 Å². The van der Waals surface area contributed by atoms with Gasteiger partial charge in [-0.2, -0.15) is 5.26 Å². The van der Waals surface area contributed by atoms with Gasteiger partial charge in [-0.3, -0.25) is 0 Å². The first kappa shape index (κ1) is 12.4. The molecule has 0 aromatic heterocycles. The van der Waals surface area contributed by atoms with E-state index in [-0.39, 0.29) is 5.75 Å². The monoisotopic (exact) mass is 306 g/mol. The lowest BCUT2D eigenvalue weighted by Gasteiger charge is -2.10. The number of benzene rings is 2. The summed E-state index contributed by atoms with van der Waals surface area (Å²) in [7, 11) is 0. The number of halogens is 2. The second-order valence-corrected chi connectivity index (χ2v) is 4.36. The van der Waals surface area contributed by atoms with Crippen LogP contribution in [-0.2, 0) is 0 Å². The van der Waals surface area contributed by atoms with Crippen molar-refractivity contribution in [3.05, 3.63) is 52.3 Å². The molecule has 3 nitrogen and oxygen atoms in total. The first-order valence-electron chi connectivity index (χ1n) is 5.03. The molecule has 18 heavy (non-hydrogen) atoms. The zero-order valence-electron chi connectivity index (χ0n) is 9.15. The van der Waals surface area contributed by atoms with Gasteiger partial charge >= 0.3 is 0 Å². The summed E-state index contributed by atoms with van der Waals surface area (Å²) in [5.41, 5.74) is 6.32. The fourth-order valence-electron chi connectivity index (χ4n) is 1.41. The topological polar surface area (TPSA) is 59.0 Å². The van der Waals surface area contributed by atoms with E-state index in [2.05, 4.69) is 15.9 Å². The van der Waals surface area contributed by atoms with Crippen molar-refractivity contribution in [1.29, 1.82) is 5.26 Å². The molecule has 0 bridgehead atoms. The van der Waals surface area contributed by atoms with Gasteiger partial charge in [-0.25, -0.2) is 4.39 Å². The SMILES string of the molecule is N#Cc1c(Br)cccc1Oc1cc(F)ccc1N. The van der Waals surface area contributed by atoms with Crippen LogP contribution < -0.4 is 10.5 Å². The molecule has 0 atom stereocenters. The molecule has 0 saturated carbocycles. The minimum absolute atomic E-state index is 0.185. The summed E-state index contributed by atoms with van der Waals surface area (Å²) in [6.07, 6.45) is 0. The van der Waals surface area contributed by atoms with E-state index in [0.29, 0.717) is 21.5 Å². The number of hydrogen-bond donors (Lipinski definition) is 1. The van der Waals surface area contributed by atoms with Crippen LogP contribution in [0.3, 0.4) is 0 Å². The zero-order valence-corrected chi connectivity index (χ0v) is 10.7. The van der Waals surface area contributed by atoms with Crippen molar-refractivity contribution < 1.29 is 9.13 Å². The average molecular weight is 307 g/mol. The Hall–Kier alpha value is -2.06. The molecule has 0 aliphatic carbocycles. The second kappa shape index (κ2) is 5.07. The van der Waals surface area contributed by atoms with Crippen molar-refractivity contribution in [2.75, 3.05) is 5.73 Å².